The molecule has 134 valence electrons. The van der Waals surface area contributed by atoms with Crippen molar-refractivity contribution in [1.29, 1.82) is 0 Å². The molecule has 1 amide bonds. The molecule has 4 rings (SSSR count). The van der Waals surface area contributed by atoms with E-state index in [1.54, 1.807) is 24.5 Å². The second kappa shape index (κ2) is 7.60. The molecule has 0 spiro atoms. The Morgan fingerprint density at radius 3 is 2.88 bits per heavy atom. The first-order chi connectivity index (χ1) is 12.7. The van der Waals surface area contributed by atoms with Gasteiger partial charge in [-0.15, -0.1) is 0 Å². The summed E-state index contributed by atoms with van der Waals surface area (Å²) >= 11 is 8.17. The Balaban J connectivity index is 1.46. The van der Waals surface area contributed by atoms with Crippen LogP contribution >= 0.6 is 23.4 Å². The number of nitrogens with zero attached hydrogens (tertiary/aromatic N) is 2. The lowest BCUT2D eigenvalue weighted by Crippen LogP contribution is -2.33. The fourth-order valence-electron chi connectivity index (χ4n) is 3.03. The standard InChI is InChI=1S/C19H17ClN2O3S/c20-14-5-2-1-4-13(14)18-7-8-22(9-11-26-18)19(23)15-12-17(25-21-15)16-6-3-10-24-16/h1-6,10,12,18H,7-9,11H2. The first-order valence-electron chi connectivity index (χ1n) is 8.38. The van der Waals surface area contributed by atoms with Crippen molar-refractivity contribution < 1.29 is 13.7 Å². The number of hydrogen-bond acceptors (Lipinski definition) is 5. The maximum atomic E-state index is 12.8. The van der Waals surface area contributed by atoms with Crippen LogP contribution in [-0.4, -0.2) is 34.8 Å². The molecule has 1 aliphatic heterocycles. The largest absolute Gasteiger partial charge is 0.461 e. The molecule has 0 N–H and O–H groups in total. The van der Waals surface area contributed by atoms with Gasteiger partial charge in [-0.3, -0.25) is 4.79 Å². The zero-order chi connectivity index (χ0) is 17.9. The minimum absolute atomic E-state index is 0.119. The summed E-state index contributed by atoms with van der Waals surface area (Å²) in [7, 11) is 0. The highest BCUT2D eigenvalue weighted by Gasteiger charge is 2.26. The van der Waals surface area contributed by atoms with E-state index in [9.17, 15) is 4.79 Å². The Hall–Kier alpha value is -2.18. The summed E-state index contributed by atoms with van der Waals surface area (Å²) < 4.78 is 10.5. The molecule has 1 saturated heterocycles. The fraction of sp³-hybridized carbons (Fsp3) is 0.263. The number of benzene rings is 1. The number of aromatic nitrogens is 1. The summed E-state index contributed by atoms with van der Waals surface area (Å²) in [6.45, 7) is 1.33. The molecule has 1 atom stereocenters. The van der Waals surface area contributed by atoms with Crippen LogP contribution in [0.3, 0.4) is 0 Å². The fourth-order valence-corrected chi connectivity index (χ4v) is 4.63. The summed E-state index contributed by atoms with van der Waals surface area (Å²) in [5, 5.41) is 4.99. The van der Waals surface area contributed by atoms with Gasteiger partial charge >= 0.3 is 0 Å². The second-order valence-electron chi connectivity index (χ2n) is 6.02. The molecule has 3 aromatic rings. The molecule has 5 nitrogen and oxygen atoms in total. The molecule has 1 unspecified atom stereocenters. The summed E-state index contributed by atoms with van der Waals surface area (Å²) in [4.78, 5) is 14.6. The van der Waals surface area contributed by atoms with E-state index < -0.39 is 0 Å². The Morgan fingerprint density at radius 2 is 2.08 bits per heavy atom. The van der Waals surface area contributed by atoms with Gasteiger partial charge in [-0.1, -0.05) is 35.0 Å². The third-order valence-electron chi connectivity index (χ3n) is 4.37. The van der Waals surface area contributed by atoms with Crippen LogP contribution in [0.25, 0.3) is 11.5 Å². The number of carbonyl (C=O) groups excluding carboxylic acids is 1. The Kier molecular flexibility index (Phi) is 5.04. The molecule has 7 heteroatoms. The highest BCUT2D eigenvalue weighted by atomic mass is 35.5. The molecule has 0 aliphatic carbocycles. The molecule has 1 aromatic carbocycles. The van der Waals surface area contributed by atoms with Gasteiger partial charge in [-0.25, -0.2) is 0 Å². The van der Waals surface area contributed by atoms with Crippen LogP contribution < -0.4 is 0 Å². The average molecular weight is 389 g/mol. The molecule has 2 aromatic heterocycles. The van der Waals surface area contributed by atoms with Gasteiger partial charge in [-0.2, -0.15) is 11.8 Å². The number of carbonyl (C=O) groups is 1. The van der Waals surface area contributed by atoms with Crippen molar-refractivity contribution in [3.63, 3.8) is 0 Å². The van der Waals surface area contributed by atoms with Gasteiger partial charge in [0, 0.05) is 35.2 Å². The predicted molar refractivity (Wildman–Crippen MR) is 101 cm³/mol. The monoisotopic (exact) mass is 388 g/mol. The Labute approximate surface area is 160 Å². The van der Waals surface area contributed by atoms with Crippen molar-refractivity contribution in [2.24, 2.45) is 0 Å². The van der Waals surface area contributed by atoms with Gasteiger partial charge in [0.2, 0.25) is 5.76 Å². The van der Waals surface area contributed by atoms with E-state index in [4.69, 9.17) is 20.5 Å². The molecule has 0 saturated carbocycles. The lowest BCUT2D eigenvalue weighted by molar-refractivity contribution is 0.0756. The zero-order valence-corrected chi connectivity index (χ0v) is 15.5. The third kappa shape index (κ3) is 3.52. The van der Waals surface area contributed by atoms with Crippen LogP contribution in [0.1, 0.15) is 27.7 Å². The highest BCUT2D eigenvalue weighted by Crippen LogP contribution is 2.38. The molecular weight excluding hydrogens is 372 g/mol. The van der Waals surface area contributed by atoms with Gasteiger partial charge < -0.3 is 13.8 Å². The minimum atomic E-state index is -0.119. The van der Waals surface area contributed by atoms with E-state index in [1.165, 1.54) is 0 Å². The normalized spacial score (nSPS) is 17.9. The van der Waals surface area contributed by atoms with Crippen molar-refractivity contribution in [3.05, 3.63) is 65.0 Å². The molecule has 0 radical (unpaired) electrons. The molecular formula is C19H17ClN2O3S. The summed E-state index contributed by atoms with van der Waals surface area (Å²) in [5.41, 5.74) is 1.44. The summed E-state index contributed by atoms with van der Waals surface area (Å²) in [5.74, 6) is 1.75. The molecule has 3 heterocycles. The number of thioether (sulfide) groups is 1. The summed E-state index contributed by atoms with van der Waals surface area (Å²) in [6.07, 6.45) is 2.41. The van der Waals surface area contributed by atoms with E-state index in [0.717, 1.165) is 22.8 Å². The summed E-state index contributed by atoms with van der Waals surface area (Å²) in [6, 6.07) is 13.1. The van der Waals surface area contributed by atoms with Gasteiger partial charge in [0.15, 0.2) is 11.5 Å². The maximum absolute atomic E-state index is 12.8. The number of rotatable bonds is 3. The van der Waals surface area contributed by atoms with Gasteiger partial charge in [0.25, 0.3) is 5.91 Å². The van der Waals surface area contributed by atoms with Gasteiger partial charge in [0.05, 0.1) is 6.26 Å². The average Bonchev–Trinajstić information content (AvgIpc) is 3.29. The van der Waals surface area contributed by atoms with E-state index in [-0.39, 0.29) is 11.2 Å². The van der Waals surface area contributed by atoms with Crippen molar-refractivity contribution in [2.45, 2.75) is 11.7 Å². The van der Waals surface area contributed by atoms with Crippen molar-refractivity contribution in [1.82, 2.24) is 10.1 Å². The first-order valence-corrected chi connectivity index (χ1v) is 9.81. The minimum Gasteiger partial charge on any atom is -0.461 e. The number of halogens is 1. The van der Waals surface area contributed by atoms with Gasteiger partial charge in [0.1, 0.15) is 0 Å². The van der Waals surface area contributed by atoms with Crippen LogP contribution in [0.5, 0.6) is 0 Å². The molecule has 1 aliphatic rings. The molecule has 26 heavy (non-hydrogen) atoms. The molecule has 1 fully saturated rings. The van der Waals surface area contributed by atoms with Crippen molar-refractivity contribution in [3.8, 4) is 11.5 Å². The van der Waals surface area contributed by atoms with E-state index in [2.05, 4.69) is 11.2 Å². The van der Waals surface area contributed by atoms with Crippen LogP contribution in [0.4, 0.5) is 0 Å². The predicted octanol–water partition coefficient (Wildman–Crippen LogP) is 4.91. The lowest BCUT2D eigenvalue weighted by Gasteiger charge is -2.19. The SMILES string of the molecule is O=C(c1cc(-c2ccco2)on1)N1CCSC(c2ccccc2Cl)CC1. The topological polar surface area (TPSA) is 59.5 Å². The van der Waals surface area contributed by atoms with Crippen molar-refractivity contribution in [2.75, 3.05) is 18.8 Å². The Morgan fingerprint density at radius 1 is 1.19 bits per heavy atom. The zero-order valence-electron chi connectivity index (χ0n) is 13.9. The van der Waals surface area contributed by atoms with E-state index in [0.29, 0.717) is 30.3 Å². The molecule has 0 bridgehead atoms. The number of amides is 1. The van der Waals surface area contributed by atoms with Crippen LogP contribution in [0.2, 0.25) is 5.02 Å². The second-order valence-corrected chi connectivity index (χ2v) is 7.73. The smallest absolute Gasteiger partial charge is 0.276 e. The van der Waals surface area contributed by atoms with Crippen LogP contribution in [0.15, 0.2) is 57.7 Å². The quantitative estimate of drug-likeness (QED) is 0.638. The first kappa shape index (κ1) is 17.2. The third-order valence-corrected chi connectivity index (χ3v) is 6.03. The van der Waals surface area contributed by atoms with Crippen LogP contribution in [0, 0.1) is 0 Å². The van der Waals surface area contributed by atoms with Gasteiger partial charge in [-0.05, 0) is 30.2 Å². The maximum Gasteiger partial charge on any atom is 0.276 e. The number of hydrogen-bond donors (Lipinski definition) is 0. The number of furan rings is 1. The van der Waals surface area contributed by atoms with Crippen LogP contribution in [-0.2, 0) is 0 Å². The Bertz CT molecular complexity index is 894. The van der Waals surface area contributed by atoms with Crippen molar-refractivity contribution >= 4 is 29.3 Å². The highest BCUT2D eigenvalue weighted by molar-refractivity contribution is 7.99. The van der Waals surface area contributed by atoms with E-state index >= 15 is 0 Å². The lowest BCUT2D eigenvalue weighted by atomic mass is 10.1. The van der Waals surface area contributed by atoms with E-state index in [1.807, 2.05) is 34.9 Å².